The molecule has 1 heterocycles. The zero-order valence-corrected chi connectivity index (χ0v) is 12.8. The van der Waals surface area contributed by atoms with E-state index >= 15 is 0 Å². The second-order valence-corrected chi connectivity index (χ2v) is 6.46. The molecule has 0 radical (unpaired) electrons. The second kappa shape index (κ2) is 6.53. The Bertz CT molecular complexity index is 699. The zero-order chi connectivity index (χ0) is 15.3. The summed E-state index contributed by atoms with van der Waals surface area (Å²) in [5.74, 6) is 0.778. The number of para-hydroxylation sites is 1. The van der Waals surface area contributed by atoms with Crippen LogP contribution in [-0.4, -0.2) is 24.4 Å². The highest BCUT2D eigenvalue weighted by molar-refractivity contribution is 7.92. The van der Waals surface area contributed by atoms with Gasteiger partial charge in [-0.15, -0.1) is 10.2 Å². The molecule has 0 amide bonds. The number of nitrogens with one attached hydrogen (secondary N) is 2. The smallest absolute Gasteiger partial charge is 0.233 e. The molecule has 0 unspecified atom stereocenters. The number of nitrogens with zero attached hydrogens (tertiary/aromatic N) is 2. The molecule has 1 aromatic heterocycles. The molecule has 1 aromatic carbocycles. The van der Waals surface area contributed by atoms with E-state index in [0.717, 1.165) is 12.1 Å². The predicted octanol–water partition coefficient (Wildman–Crippen LogP) is 2.54. The van der Waals surface area contributed by atoms with Crippen LogP contribution in [0.1, 0.15) is 19.4 Å². The molecular weight excluding hydrogens is 288 g/mol. The first kappa shape index (κ1) is 15.2. The van der Waals surface area contributed by atoms with Gasteiger partial charge in [-0.25, -0.2) is 8.42 Å². The van der Waals surface area contributed by atoms with E-state index in [9.17, 15) is 8.42 Å². The summed E-state index contributed by atoms with van der Waals surface area (Å²) < 4.78 is 25.2. The third-order valence-corrected chi connectivity index (χ3v) is 4.25. The van der Waals surface area contributed by atoms with Crippen LogP contribution in [0.25, 0.3) is 0 Å². The van der Waals surface area contributed by atoms with Crippen molar-refractivity contribution in [3.8, 4) is 0 Å². The van der Waals surface area contributed by atoms with Gasteiger partial charge in [-0.3, -0.25) is 4.72 Å². The molecule has 0 bridgehead atoms. The molecule has 0 fully saturated rings. The Morgan fingerprint density at radius 1 is 1.00 bits per heavy atom. The molecule has 6 nitrogen and oxygen atoms in total. The van der Waals surface area contributed by atoms with Gasteiger partial charge in [-0.2, -0.15) is 0 Å². The van der Waals surface area contributed by atoms with E-state index in [1.807, 2.05) is 24.3 Å². The lowest BCUT2D eigenvalue weighted by Gasteiger charge is -2.10. The summed E-state index contributed by atoms with van der Waals surface area (Å²) >= 11 is 0. The molecular formula is C14H18N4O2S. The van der Waals surface area contributed by atoms with E-state index < -0.39 is 10.0 Å². The van der Waals surface area contributed by atoms with Gasteiger partial charge in [0.15, 0.2) is 11.6 Å². The molecule has 0 aliphatic heterocycles. The number of hydrogen-bond donors (Lipinski definition) is 2. The Kier molecular flexibility index (Phi) is 4.74. The number of benzene rings is 1. The molecule has 2 rings (SSSR count). The van der Waals surface area contributed by atoms with Gasteiger partial charge in [-0.1, -0.05) is 25.1 Å². The normalized spacial score (nSPS) is 11.1. The van der Waals surface area contributed by atoms with Crippen molar-refractivity contribution in [3.63, 3.8) is 0 Å². The van der Waals surface area contributed by atoms with Crippen LogP contribution in [-0.2, 0) is 16.4 Å². The summed E-state index contributed by atoms with van der Waals surface area (Å²) in [5.41, 5.74) is 2.14. The predicted molar refractivity (Wildman–Crippen MR) is 84.2 cm³/mol. The van der Waals surface area contributed by atoms with Crippen molar-refractivity contribution < 1.29 is 8.42 Å². The summed E-state index contributed by atoms with van der Waals surface area (Å²) in [7, 11) is -3.33. The van der Waals surface area contributed by atoms with E-state index in [1.165, 1.54) is 5.56 Å². The Balaban J connectivity index is 2.13. The lowest BCUT2D eigenvalue weighted by molar-refractivity contribution is 0.602. The second-order valence-electron chi connectivity index (χ2n) is 4.44. The number of rotatable bonds is 6. The Morgan fingerprint density at radius 2 is 1.67 bits per heavy atom. The molecule has 2 N–H and O–H groups in total. The molecule has 0 spiro atoms. The third kappa shape index (κ3) is 4.16. The van der Waals surface area contributed by atoms with Crippen LogP contribution in [0.4, 0.5) is 17.3 Å². The van der Waals surface area contributed by atoms with Crippen LogP contribution in [0, 0.1) is 0 Å². The Labute approximate surface area is 124 Å². The number of anilines is 3. The van der Waals surface area contributed by atoms with Crippen molar-refractivity contribution in [1.82, 2.24) is 10.2 Å². The van der Waals surface area contributed by atoms with Crippen LogP contribution in [0.5, 0.6) is 0 Å². The van der Waals surface area contributed by atoms with Crippen molar-refractivity contribution in [1.29, 1.82) is 0 Å². The monoisotopic (exact) mass is 306 g/mol. The summed E-state index contributed by atoms with van der Waals surface area (Å²) in [5, 5.41) is 11.0. The van der Waals surface area contributed by atoms with Crippen LogP contribution >= 0.6 is 0 Å². The van der Waals surface area contributed by atoms with Gasteiger partial charge in [0.2, 0.25) is 10.0 Å². The van der Waals surface area contributed by atoms with Gasteiger partial charge in [0.25, 0.3) is 0 Å². The van der Waals surface area contributed by atoms with E-state index in [-0.39, 0.29) is 11.6 Å². The first-order valence-electron chi connectivity index (χ1n) is 6.73. The van der Waals surface area contributed by atoms with Crippen molar-refractivity contribution in [2.75, 3.05) is 15.8 Å². The minimum Gasteiger partial charge on any atom is -0.339 e. The average Bonchev–Trinajstić information content (AvgIpc) is 2.49. The Hall–Kier alpha value is -2.15. The molecule has 0 saturated carbocycles. The number of hydrogen-bond acceptors (Lipinski definition) is 5. The standard InChI is InChI=1S/C14H18N4O2S/c1-3-11-7-5-6-8-12(11)15-13-9-10-14(17-16-13)18-21(19,20)4-2/h5-10H,3-4H2,1-2H3,(H,15,16)(H,17,18). The lowest BCUT2D eigenvalue weighted by Crippen LogP contribution is -2.15. The van der Waals surface area contributed by atoms with Gasteiger partial charge in [0.1, 0.15) is 0 Å². The number of aromatic nitrogens is 2. The number of aryl methyl sites for hydroxylation is 1. The van der Waals surface area contributed by atoms with Gasteiger partial charge in [0.05, 0.1) is 5.75 Å². The Morgan fingerprint density at radius 3 is 2.29 bits per heavy atom. The van der Waals surface area contributed by atoms with Gasteiger partial charge >= 0.3 is 0 Å². The molecule has 0 aliphatic rings. The average molecular weight is 306 g/mol. The maximum atomic E-state index is 11.4. The van der Waals surface area contributed by atoms with Gasteiger partial charge in [-0.05, 0) is 37.1 Å². The lowest BCUT2D eigenvalue weighted by atomic mass is 10.1. The van der Waals surface area contributed by atoms with E-state index in [2.05, 4.69) is 27.2 Å². The highest BCUT2D eigenvalue weighted by Crippen LogP contribution is 2.20. The minimum atomic E-state index is -3.33. The van der Waals surface area contributed by atoms with Crippen molar-refractivity contribution >= 4 is 27.3 Å². The molecule has 0 aliphatic carbocycles. The summed E-state index contributed by atoms with van der Waals surface area (Å²) in [6.45, 7) is 3.64. The molecule has 7 heteroatoms. The van der Waals surface area contributed by atoms with Gasteiger partial charge in [0, 0.05) is 5.69 Å². The SMILES string of the molecule is CCc1ccccc1Nc1ccc(NS(=O)(=O)CC)nn1. The van der Waals surface area contributed by atoms with Crippen LogP contribution < -0.4 is 10.0 Å². The van der Waals surface area contributed by atoms with Crippen molar-refractivity contribution in [2.45, 2.75) is 20.3 Å². The van der Waals surface area contributed by atoms with E-state index in [4.69, 9.17) is 0 Å². The maximum Gasteiger partial charge on any atom is 0.233 e. The number of sulfonamides is 1. The van der Waals surface area contributed by atoms with Crippen LogP contribution in [0.3, 0.4) is 0 Å². The molecule has 2 aromatic rings. The molecule has 0 saturated heterocycles. The van der Waals surface area contributed by atoms with Crippen LogP contribution in [0.2, 0.25) is 0 Å². The molecule has 21 heavy (non-hydrogen) atoms. The van der Waals surface area contributed by atoms with Crippen LogP contribution in [0.15, 0.2) is 36.4 Å². The van der Waals surface area contributed by atoms with E-state index in [0.29, 0.717) is 5.82 Å². The van der Waals surface area contributed by atoms with Gasteiger partial charge < -0.3 is 5.32 Å². The highest BCUT2D eigenvalue weighted by Gasteiger charge is 2.08. The van der Waals surface area contributed by atoms with Crippen molar-refractivity contribution in [2.24, 2.45) is 0 Å². The summed E-state index contributed by atoms with van der Waals surface area (Å²) in [4.78, 5) is 0. The maximum absolute atomic E-state index is 11.4. The third-order valence-electron chi connectivity index (χ3n) is 2.97. The fraction of sp³-hybridized carbons (Fsp3) is 0.286. The fourth-order valence-electron chi connectivity index (χ4n) is 1.77. The van der Waals surface area contributed by atoms with Crippen molar-refractivity contribution in [3.05, 3.63) is 42.0 Å². The molecule has 0 atom stereocenters. The molecule has 112 valence electrons. The topological polar surface area (TPSA) is 84.0 Å². The first-order chi connectivity index (χ1) is 10.0. The highest BCUT2D eigenvalue weighted by atomic mass is 32.2. The summed E-state index contributed by atoms with van der Waals surface area (Å²) in [6, 6.07) is 11.2. The quantitative estimate of drug-likeness (QED) is 0.857. The largest absolute Gasteiger partial charge is 0.339 e. The zero-order valence-electron chi connectivity index (χ0n) is 12.0. The van der Waals surface area contributed by atoms with E-state index in [1.54, 1.807) is 19.1 Å². The minimum absolute atomic E-state index is 0.00143. The fourth-order valence-corrected chi connectivity index (χ4v) is 2.35. The first-order valence-corrected chi connectivity index (χ1v) is 8.38. The summed E-state index contributed by atoms with van der Waals surface area (Å²) in [6.07, 6.45) is 0.908.